The summed E-state index contributed by atoms with van der Waals surface area (Å²) in [5.74, 6) is 1.00. The predicted octanol–water partition coefficient (Wildman–Crippen LogP) is 4.88. The van der Waals surface area contributed by atoms with Crippen LogP contribution in [0, 0.1) is 0 Å². The van der Waals surface area contributed by atoms with Gasteiger partial charge in [0.25, 0.3) is 0 Å². The molecule has 3 aromatic carbocycles. The number of carbonyl (C=O) groups is 2. The van der Waals surface area contributed by atoms with Crippen LogP contribution in [0.1, 0.15) is 18.2 Å². The molecule has 1 aliphatic rings. The Labute approximate surface area is 208 Å². The molecule has 1 aromatic heterocycles. The Morgan fingerprint density at radius 2 is 1.86 bits per heavy atom. The number of fused-ring (bicyclic) bond motifs is 1. The van der Waals surface area contributed by atoms with Crippen molar-refractivity contribution in [2.45, 2.75) is 18.9 Å². The number of methoxy groups -OCH3 is 1. The first-order chi connectivity index (χ1) is 17.0. The number of rotatable bonds is 6. The van der Waals surface area contributed by atoms with E-state index in [2.05, 4.69) is 0 Å². The minimum atomic E-state index is -0.187. The predicted molar refractivity (Wildman–Crippen MR) is 137 cm³/mol. The van der Waals surface area contributed by atoms with Crippen LogP contribution in [0.2, 0.25) is 5.02 Å². The summed E-state index contributed by atoms with van der Waals surface area (Å²) in [7, 11) is 3.34. The monoisotopic (exact) mass is 488 g/mol. The van der Waals surface area contributed by atoms with Crippen molar-refractivity contribution in [3.8, 4) is 5.75 Å². The van der Waals surface area contributed by atoms with Crippen LogP contribution < -0.4 is 14.5 Å². The number of benzene rings is 3. The molecule has 0 spiro atoms. The number of carbonyl (C=O) groups excluding carboxylic acids is 2. The molecule has 1 aliphatic heterocycles. The zero-order chi connectivity index (χ0) is 24.5. The van der Waals surface area contributed by atoms with Crippen molar-refractivity contribution in [1.82, 2.24) is 9.55 Å². The number of para-hydroxylation sites is 3. The molecule has 1 fully saturated rings. The Morgan fingerprint density at radius 1 is 1.11 bits per heavy atom. The maximum absolute atomic E-state index is 13.3. The summed E-state index contributed by atoms with van der Waals surface area (Å²) in [4.78, 5) is 34.5. The van der Waals surface area contributed by atoms with Crippen LogP contribution in [0.25, 0.3) is 11.0 Å². The molecule has 2 heterocycles. The number of hydrogen-bond acceptors (Lipinski definition) is 4. The number of nitrogens with zero attached hydrogens (tertiary/aromatic N) is 4. The van der Waals surface area contributed by atoms with Crippen molar-refractivity contribution in [3.63, 3.8) is 0 Å². The first kappa shape index (κ1) is 22.9. The van der Waals surface area contributed by atoms with E-state index in [9.17, 15) is 9.59 Å². The van der Waals surface area contributed by atoms with Gasteiger partial charge in [-0.3, -0.25) is 9.59 Å². The van der Waals surface area contributed by atoms with Crippen molar-refractivity contribution in [1.29, 1.82) is 0 Å². The van der Waals surface area contributed by atoms with E-state index in [0.717, 1.165) is 22.5 Å². The molecule has 0 radical (unpaired) electrons. The van der Waals surface area contributed by atoms with Gasteiger partial charge in [0.2, 0.25) is 11.8 Å². The van der Waals surface area contributed by atoms with Gasteiger partial charge in [-0.1, -0.05) is 41.9 Å². The fraction of sp³-hybridized carbons (Fsp3) is 0.222. The number of ether oxygens (including phenoxy) is 1. The number of halogens is 1. The van der Waals surface area contributed by atoms with Gasteiger partial charge in [-0.15, -0.1) is 0 Å². The van der Waals surface area contributed by atoms with E-state index in [-0.39, 0.29) is 30.7 Å². The minimum Gasteiger partial charge on any atom is -0.495 e. The van der Waals surface area contributed by atoms with Crippen molar-refractivity contribution in [3.05, 3.63) is 83.6 Å². The highest BCUT2D eigenvalue weighted by Crippen LogP contribution is 2.38. The largest absolute Gasteiger partial charge is 0.495 e. The Morgan fingerprint density at radius 3 is 2.63 bits per heavy atom. The number of hydrogen-bond donors (Lipinski definition) is 0. The van der Waals surface area contributed by atoms with Crippen LogP contribution in [0.5, 0.6) is 5.75 Å². The number of anilines is 2. The molecule has 7 nitrogen and oxygen atoms in total. The summed E-state index contributed by atoms with van der Waals surface area (Å²) < 4.78 is 7.41. The fourth-order valence-electron chi connectivity index (χ4n) is 4.60. The van der Waals surface area contributed by atoms with E-state index in [1.807, 2.05) is 59.2 Å². The topological polar surface area (TPSA) is 67.7 Å². The summed E-state index contributed by atoms with van der Waals surface area (Å²) in [5.41, 5.74) is 3.11. The van der Waals surface area contributed by atoms with Gasteiger partial charge in [0, 0.05) is 36.6 Å². The van der Waals surface area contributed by atoms with Crippen LogP contribution in [-0.4, -0.2) is 42.1 Å². The Hall–Kier alpha value is -3.84. The standard InChI is InChI=1S/C27H25ClN4O3/c1-30(20-8-4-3-5-9-20)26(34)17-32-22-11-7-6-10-21(22)29-27(32)18-14-25(33)31(16-18)23-15-19(28)12-13-24(23)35-2/h3-13,15,18H,14,16-17H2,1-2H3. The smallest absolute Gasteiger partial charge is 0.246 e. The zero-order valence-corrected chi connectivity index (χ0v) is 20.3. The third-order valence-electron chi connectivity index (χ3n) is 6.42. The van der Waals surface area contributed by atoms with E-state index in [1.165, 1.54) is 0 Å². The zero-order valence-electron chi connectivity index (χ0n) is 19.5. The number of likely N-dealkylation sites (N-methyl/N-ethyl adjacent to an activating group) is 1. The van der Waals surface area contributed by atoms with Gasteiger partial charge < -0.3 is 19.1 Å². The summed E-state index contributed by atoms with van der Waals surface area (Å²) >= 11 is 6.22. The molecule has 0 saturated carbocycles. The Kier molecular flexibility index (Phi) is 6.17. The summed E-state index contributed by atoms with van der Waals surface area (Å²) in [5, 5.41) is 0.527. The van der Waals surface area contributed by atoms with Gasteiger partial charge in [-0.05, 0) is 42.5 Å². The molecule has 0 aliphatic carbocycles. The number of amides is 2. The molecule has 1 saturated heterocycles. The van der Waals surface area contributed by atoms with E-state index < -0.39 is 0 Å². The SMILES string of the molecule is COc1ccc(Cl)cc1N1CC(c2nc3ccccc3n2CC(=O)N(C)c2ccccc2)CC1=O. The molecule has 1 unspecified atom stereocenters. The first-order valence-electron chi connectivity index (χ1n) is 11.4. The van der Waals surface area contributed by atoms with E-state index in [0.29, 0.717) is 23.0 Å². The lowest BCUT2D eigenvalue weighted by Crippen LogP contribution is -2.31. The lowest BCUT2D eigenvalue weighted by molar-refractivity contribution is -0.119. The summed E-state index contributed by atoms with van der Waals surface area (Å²) in [6.07, 6.45) is 0.279. The van der Waals surface area contributed by atoms with Crippen LogP contribution in [0.15, 0.2) is 72.8 Å². The summed E-state index contributed by atoms with van der Waals surface area (Å²) in [6.45, 7) is 0.536. The minimum absolute atomic E-state index is 0.0399. The van der Waals surface area contributed by atoms with E-state index in [4.69, 9.17) is 21.3 Å². The van der Waals surface area contributed by atoms with E-state index >= 15 is 0 Å². The van der Waals surface area contributed by atoms with E-state index in [1.54, 1.807) is 42.2 Å². The molecular formula is C27H25ClN4O3. The van der Waals surface area contributed by atoms with Gasteiger partial charge in [0.05, 0.1) is 23.8 Å². The van der Waals surface area contributed by atoms with Crippen LogP contribution in [0.3, 0.4) is 0 Å². The molecule has 0 N–H and O–H groups in total. The molecule has 4 aromatic rings. The van der Waals surface area contributed by atoms with Gasteiger partial charge in [0.15, 0.2) is 0 Å². The lowest BCUT2D eigenvalue weighted by atomic mass is 10.1. The molecule has 35 heavy (non-hydrogen) atoms. The van der Waals surface area contributed by atoms with Crippen molar-refractivity contribution in [2.75, 3.05) is 30.5 Å². The number of aromatic nitrogens is 2. The van der Waals surface area contributed by atoms with Crippen molar-refractivity contribution in [2.24, 2.45) is 0 Å². The second-order valence-corrected chi connectivity index (χ2v) is 8.99. The Bertz CT molecular complexity index is 1400. The second-order valence-electron chi connectivity index (χ2n) is 8.55. The summed E-state index contributed by atoms with van der Waals surface area (Å²) in [6, 6.07) is 22.5. The highest BCUT2D eigenvalue weighted by molar-refractivity contribution is 6.31. The molecule has 1 atom stereocenters. The van der Waals surface area contributed by atoms with Gasteiger partial charge >= 0.3 is 0 Å². The van der Waals surface area contributed by atoms with Gasteiger partial charge in [-0.25, -0.2) is 4.98 Å². The lowest BCUT2D eigenvalue weighted by Gasteiger charge is -2.21. The molecule has 178 valence electrons. The van der Waals surface area contributed by atoms with Crippen LogP contribution in [-0.2, 0) is 16.1 Å². The molecule has 8 heteroatoms. The first-order valence-corrected chi connectivity index (χ1v) is 11.7. The van der Waals surface area contributed by atoms with Crippen molar-refractivity contribution < 1.29 is 14.3 Å². The highest BCUT2D eigenvalue weighted by Gasteiger charge is 2.36. The normalized spacial score (nSPS) is 15.6. The fourth-order valence-corrected chi connectivity index (χ4v) is 4.76. The maximum Gasteiger partial charge on any atom is 0.246 e. The average Bonchev–Trinajstić information content (AvgIpc) is 3.44. The molecule has 5 rings (SSSR count). The molecular weight excluding hydrogens is 464 g/mol. The van der Waals surface area contributed by atoms with Crippen LogP contribution in [0.4, 0.5) is 11.4 Å². The van der Waals surface area contributed by atoms with Crippen molar-refractivity contribution >= 4 is 45.8 Å². The van der Waals surface area contributed by atoms with Gasteiger partial charge in [-0.2, -0.15) is 0 Å². The second kappa shape index (κ2) is 9.43. The average molecular weight is 489 g/mol. The van der Waals surface area contributed by atoms with Gasteiger partial charge in [0.1, 0.15) is 18.1 Å². The molecule has 2 amide bonds. The Balaban J connectivity index is 1.49. The number of imidazole rings is 1. The van der Waals surface area contributed by atoms with Crippen LogP contribution >= 0.6 is 11.6 Å². The quantitative estimate of drug-likeness (QED) is 0.388. The molecule has 0 bridgehead atoms. The maximum atomic E-state index is 13.3. The third-order valence-corrected chi connectivity index (χ3v) is 6.65. The highest BCUT2D eigenvalue weighted by atomic mass is 35.5. The third kappa shape index (κ3) is 4.35.